The molecule has 0 spiro atoms. The van der Waals surface area contributed by atoms with Crippen molar-refractivity contribution in [3.05, 3.63) is 58.1 Å². The first kappa shape index (κ1) is 12.9. The Hall–Kier alpha value is -2.08. The number of rotatable bonds is 1. The zero-order valence-corrected chi connectivity index (χ0v) is 11.2. The summed E-state index contributed by atoms with van der Waals surface area (Å²) in [5.74, 6) is -2.97. The van der Waals surface area contributed by atoms with E-state index in [9.17, 15) is 13.2 Å². The number of hydrogen-bond acceptors (Lipinski definition) is 1. The van der Waals surface area contributed by atoms with Crippen molar-refractivity contribution in [1.29, 1.82) is 0 Å². The third-order valence-corrected chi connectivity index (χ3v) is 3.33. The lowest BCUT2D eigenvalue weighted by Crippen LogP contribution is -2.02. The summed E-state index contributed by atoms with van der Waals surface area (Å²) >= 11 is 5.11. The molecule has 2 aromatic carbocycles. The highest BCUT2D eigenvalue weighted by Gasteiger charge is 2.17. The number of aromatic amines is 1. The molecule has 3 rings (SSSR count). The highest BCUT2D eigenvalue weighted by Crippen LogP contribution is 2.25. The first-order valence-electron chi connectivity index (χ1n) is 5.83. The summed E-state index contributed by atoms with van der Waals surface area (Å²) in [6.07, 6.45) is 0. The van der Waals surface area contributed by atoms with Crippen molar-refractivity contribution in [2.24, 2.45) is 0 Å². The van der Waals surface area contributed by atoms with Crippen LogP contribution in [0.5, 0.6) is 0 Å². The van der Waals surface area contributed by atoms with E-state index in [4.69, 9.17) is 12.2 Å². The maximum absolute atomic E-state index is 13.9. The lowest BCUT2D eigenvalue weighted by Gasteiger charge is -2.08. The van der Waals surface area contributed by atoms with Gasteiger partial charge in [0.1, 0.15) is 11.5 Å². The van der Waals surface area contributed by atoms with Crippen LogP contribution in [-0.4, -0.2) is 9.55 Å². The fourth-order valence-electron chi connectivity index (χ4n) is 2.20. The first-order chi connectivity index (χ1) is 9.47. The predicted octanol–water partition coefficient (Wildman–Crippen LogP) is 4.41. The summed E-state index contributed by atoms with van der Waals surface area (Å²) in [6, 6.07) is 6.60. The molecule has 1 N–H and O–H groups in total. The van der Waals surface area contributed by atoms with Crippen molar-refractivity contribution < 1.29 is 13.2 Å². The number of imidazole rings is 1. The van der Waals surface area contributed by atoms with Gasteiger partial charge in [-0.2, -0.15) is 0 Å². The normalized spacial score (nSPS) is 11.2. The molecule has 0 fully saturated rings. The van der Waals surface area contributed by atoms with E-state index in [0.717, 1.165) is 5.56 Å². The number of halogens is 3. The van der Waals surface area contributed by atoms with E-state index in [0.29, 0.717) is 23.2 Å². The van der Waals surface area contributed by atoms with E-state index in [1.807, 2.05) is 13.0 Å². The molecule has 0 saturated heterocycles. The van der Waals surface area contributed by atoms with Crippen LogP contribution in [0.1, 0.15) is 5.56 Å². The third kappa shape index (κ3) is 1.92. The van der Waals surface area contributed by atoms with E-state index >= 15 is 0 Å². The molecule has 0 atom stereocenters. The summed E-state index contributed by atoms with van der Waals surface area (Å²) in [5, 5.41) is 0. The second-order valence-electron chi connectivity index (χ2n) is 4.50. The van der Waals surface area contributed by atoms with Crippen molar-refractivity contribution in [2.45, 2.75) is 6.92 Å². The average molecular weight is 294 g/mol. The Labute approximate surface area is 117 Å². The fourth-order valence-corrected chi connectivity index (χ4v) is 2.50. The van der Waals surface area contributed by atoms with Crippen LogP contribution in [0.4, 0.5) is 13.2 Å². The topological polar surface area (TPSA) is 20.7 Å². The Morgan fingerprint density at radius 1 is 1.05 bits per heavy atom. The molecule has 2 nitrogen and oxygen atoms in total. The van der Waals surface area contributed by atoms with Gasteiger partial charge in [-0.05, 0) is 36.8 Å². The molecule has 0 aliphatic rings. The number of hydrogen-bond donors (Lipinski definition) is 1. The largest absolute Gasteiger partial charge is 0.330 e. The minimum atomic E-state index is -1.000. The number of H-pyrrole nitrogens is 1. The molecule has 0 bridgehead atoms. The molecular weight excluding hydrogens is 285 g/mol. The molecule has 1 aromatic heterocycles. The molecule has 1 heterocycles. The Morgan fingerprint density at radius 3 is 2.35 bits per heavy atom. The summed E-state index contributed by atoms with van der Waals surface area (Å²) in [6.45, 7) is 1.90. The van der Waals surface area contributed by atoms with Crippen molar-refractivity contribution in [3.63, 3.8) is 0 Å². The molecule has 0 saturated carbocycles. The fraction of sp³-hybridized carbons (Fsp3) is 0.0714. The Balaban J connectivity index is 2.41. The molecule has 0 unspecified atom stereocenters. The molecule has 0 aliphatic carbocycles. The zero-order valence-electron chi connectivity index (χ0n) is 10.4. The Kier molecular flexibility index (Phi) is 2.90. The molecule has 6 heteroatoms. The minimum Gasteiger partial charge on any atom is -0.330 e. The lowest BCUT2D eigenvalue weighted by molar-refractivity contribution is 0.535. The van der Waals surface area contributed by atoms with Gasteiger partial charge in [-0.3, -0.25) is 4.57 Å². The van der Waals surface area contributed by atoms with Crippen LogP contribution in [0.3, 0.4) is 0 Å². The van der Waals surface area contributed by atoms with Crippen molar-refractivity contribution in [2.75, 3.05) is 0 Å². The minimum absolute atomic E-state index is 0.148. The van der Waals surface area contributed by atoms with Crippen LogP contribution in [0, 0.1) is 29.1 Å². The van der Waals surface area contributed by atoms with Crippen molar-refractivity contribution in [1.82, 2.24) is 9.55 Å². The highest BCUT2D eigenvalue weighted by atomic mass is 32.1. The first-order valence-corrected chi connectivity index (χ1v) is 6.24. The van der Waals surface area contributed by atoms with Crippen LogP contribution >= 0.6 is 12.2 Å². The van der Waals surface area contributed by atoms with Crippen LogP contribution < -0.4 is 0 Å². The van der Waals surface area contributed by atoms with Crippen LogP contribution in [0.25, 0.3) is 16.7 Å². The molecule has 102 valence electrons. The Bertz CT molecular complexity index is 857. The third-order valence-electron chi connectivity index (χ3n) is 3.04. The van der Waals surface area contributed by atoms with Gasteiger partial charge >= 0.3 is 0 Å². The van der Waals surface area contributed by atoms with E-state index in [-0.39, 0.29) is 10.5 Å². The molecule has 20 heavy (non-hydrogen) atoms. The van der Waals surface area contributed by atoms with Gasteiger partial charge in [0, 0.05) is 12.1 Å². The number of nitrogens with one attached hydrogen (secondary N) is 1. The van der Waals surface area contributed by atoms with Gasteiger partial charge in [-0.15, -0.1) is 0 Å². The molecular formula is C14H9F3N2S. The van der Waals surface area contributed by atoms with Crippen LogP contribution in [0.15, 0.2) is 30.3 Å². The van der Waals surface area contributed by atoms with Gasteiger partial charge < -0.3 is 4.98 Å². The molecule has 0 radical (unpaired) electrons. The zero-order chi connectivity index (χ0) is 14.4. The number of aryl methyl sites for hydroxylation is 1. The molecule has 0 aliphatic heterocycles. The monoisotopic (exact) mass is 294 g/mol. The molecule has 0 amide bonds. The second-order valence-corrected chi connectivity index (χ2v) is 4.89. The van der Waals surface area contributed by atoms with Crippen LogP contribution in [-0.2, 0) is 0 Å². The average Bonchev–Trinajstić information content (AvgIpc) is 2.64. The van der Waals surface area contributed by atoms with Gasteiger partial charge in [-0.1, -0.05) is 6.07 Å². The van der Waals surface area contributed by atoms with E-state index in [1.54, 1.807) is 12.1 Å². The molecule has 3 aromatic rings. The van der Waals surface area contributed by atoms with Gasteiger partial charge in [0.15, 0.2) is 16.4 Å². The number of benzene rings is 2. The van der Waals surface area contributed by atoms with Gasteiger partial charge in [0.25, 0.3) is 0 Å². The summed E-state index contributed by atoms with van der Waals surface area (Å²) in [5.41, 5.74) is 1.80. The SMILES string of the molecule is Cc1ccc2c(c1)[nH]c(=S)n2-c1c(F)cc(F)cc1F. The van der Waals surface area contributed by atoms with E-state index < -0.39 is 17.5 Å². The maximum atomic E-state index is 13.9. The van der Waals surface area contributed by atoms with Crippen LogP contribution in [0.2, 0.25) is 0 Å². The number of aromatic nitrogens is 2. The smallest absolute Gasteiger partial charge is 0.182 e. The summed E-state index contributed by atoms with van der Waals surface area (Å²) in [7, 11) is 0. The van der Waals surface area contributed by atoms with Crippen molar-refractivity contribution in [3.8, 4) is 5.69 Å². The van der Waals surface area contributed by atoms with Crippen molar-refractivity contribution >= 4 is 23.3 Å². The highest BCUT2D eigenvalue weighted by molar-refractivity contribution is 7.71. The predicted molar refractivity (Wildman–Crippen MR) is 73.1 cm³/mol. The maximum Gasteiger partial charge on any atom is 0.182 e. The Morgan fingerprint density at radius 2 is 1.70 bits per heavy atom. The van der Waals surface area contributed by atoms with Gasteiger partial charge in [-0.25, -0.2) is 13.2 Å². The standard InChI is InChI=1S/C14H9F3N2S/c1-7-2-3-12-11(4-7)18-14(20)19(12)13-9(16)5-8(15)6-10(13)17/h2-6H,1H3,(H,18,20). The lowest BCUT2D eigenvalue weighted by atomic mass is 10.2. The van der Waals surface area contributed by atoms with Gasteiger partial charge in [0.05, 0.1) is 11.0 Å². The quantitative estimate of drug-likeness (QED) is 0.659. The van der Waals surface area contributed by atoms with Gasteiger partial charge in [0.2, 0.25) is 0 Å². The van der Waals surface area contributed by atoms with E-state index in [1.165, 1.54) is 4.57 Å². The summed E-state index contributed by atoms with van der Waals surface area (Å²) < 4.78 is 42.2. The second kappa shape index (κ2) is 4.49. The number of nitrogens with zero attached hydrogens (tertiary/aromatic N) is 1. The summed E-state index contributed by atoms with van der Waals surface area (Å²) in [4.78, 5) is 2.89. The number of fused-ring (bicyclic) bond motifs is 1. The van der Waals surface area contributed by atoms with E-state index in [2.05, 4.69) is 4.98 Å².